The van der Waals surface area contributed by atoms with Crippen molar-refractivity contribution in [1.82, 2.24) is 4.90 Å². The van der Waals surface area contributed by atoms with Crippen LogP contribution in [0.25, 0.3) is 0 Å². The number of methoxy groups -OCH3 is 1. The number of hydrogen-bond acceptors (Lipinski definition) is 4. The molecule has 0 saturated carbocycles. The van der Waals surface area contributed by atoms with E-state index in [0.29, 0.717) is 6.54 Å². The lowest BCUT2D eigenvalue weighted by Gasteiger charge is -2.21. The molecule has 1 aromatic rings. The molecule has 1 aromatic carbocycles. The minimum Gasteiger partial charge on any atom is -0.497 e. The van der Waals surface area contributed by atoms with Crippen LogP contribution in [0.5, 0.6) is 5.75 Å². The van der Waals surface area contributed by atoms with Gasteiger partial charge in [0.05, 0.1) is 19.8 Å². The number of likely N-dealkylation sites (N-methyl/N-ethyl adjacent to an activating group) is 1. The second kappa shape index (κ2) is 6.11. The van der Waals surface area contributed by atoms with Gasteiger partial charge in [-0.2, -0.15) is 5.26 Å². The zero-order valence-corrected chi connectivity index (χ0v) is 9.55. The number of benzene rings is 1. The summed E-state index contributed by atoms with van der Waals surface area (Å²) in [5.74, 6) is 0.769. The lowest BCUT2D eigenvalue weighted by molar-refractivity contribution is 0.203. The van der Waals surface area contributed by atoms with Crippen LogP contribution < -0.4 is 4.74 Å². The van der Waals surface area contributed by atoms with Gasteiger partial charge in [0.1, 0.15) is 11.8 Å². The van der Waals surface area contributed by atoms with E-state index < -0.39 is 0 Å². The van der Waals surface area contributed by atoms with E-state index >= 15 is 0 Å². The number of nitriles is 1. The second-order valence-corrected chi connectivity index (χ2v) is 3.51. The predicted octanol–water partition coefficient (Wildman–Crippen LogP) is 1.18. The van der Waals surface area contributed by atoms with Gasteiger partial charge >= 0.3 is 0 Å². The van der Waals surface area contributed by atoms with Crippen molar-refractivity contribution in [2.45, 2.75) is 6.04 Å². The molecule has 0 fully saturated rings. The Morgan fingerprint density at radius 1 is 1.44 bits per heavy atom. The summed E-state index contributed by atoms with van der Waals surface area (Å²) in [6.45, 7) is 0.523. The third kappa shape index (κ3) is 2.96. The molecular formula is C12H16N2O2. The predicted molar refractivity (Wildman–Crippen MR) is 61.1 cm³/mol. The van der Waals surface area contributed by atoms with E-state index in [1.54, 1.807) is 7.11 Å². The molecule has 86 valence electrons. The molecule has 0 radical (unpaired) electrons. The minimum atomic E-state index is -0.335. The molecule has 0 spiro atoms. The highest BCUT2D eigenvalue weighted by molar-refractivity contribution is 5.31. The van der Waals surface area contributed by atoms with E-state index in [0.717, 1.165) is 11.3 Å². The van der Waals surface area contributed by atoms with Crippen molar-refractivity contribution in [1.29, 1.82) is 5.26 Å². The molecule has 0 amide bonds. The first-order valence-electron chi connectivity index (χ1n) is 5.07. The van der Waals surface area contributed by atoms with E-state index in [4.69, 9.17) is 15.1 Å². The van der Waals surface area contributed by atoms with Gasteiger partial charge in [-0.25, -0.2) is 0 Å². The van der Waals surface area contributed by atoms with Crippen LogP contribution in [0, 0.1) is 11.3 Å². The van der Waals surface area contributed by atoms with Gasteiger partial charge in [-0.3, -0.25) is 4.90 Å². The van der Waals surface area contributed by atoms with Crippen LogP contribution in [0.2, 0.25) is 0 Å². The largest absolute Gasteiger partial charge is 0.497 e. The molecule has 1 atom stereocenters. The zero-order chi connectivity index (χ0) is 12.0. The standard InChI is InChI=1S/C12H16N2O2/c1-14(7-8-15)12(9-13)10-3-5-11(16-2)6-4-10/h3-6,12,15H,7-8H2,1-2H3. The van der Waals surface area contributed by atoms with Gasteiger partial charge < -0.3 is 9.84 Å². The van der Waals surface area contributed by atoms with Crippen molar-refractivity contribution in [3.05, 3.63) is 29.8 Å². The minimum absolute atomic E-state index is 0.0465. The fourth-order valence-electron chi connectivity index (χ4n) is 1.50. The molecule has 0 saturated heterocycles. The molecule has 16 heavy (non-hydrogen) atoms. The molecule has 0 aliphatic heterocycles. The third-order valence-corrected chi connectivity index (χ3v) is 2.45. The normalized spacial score (nSPS) is 12.2. The Hall–Kier alpha value is -1.57. The second-order valence-electron chi connectivity index (χ2n) is 3.51. The SMILES string of the molecule is COc1ccc(C(C#N)N(C)CCO)cc1. The van der Waals surface area contributed by atoms with Gasteiger partial charge in [0.15, 0.2) is 0 Å². The highest BCUT2D eigenvalue weighted by Crippen LogP contribution is 2.21. The fraction of sp³-hybridized carbons (Fsp3) is 0.417. The van der Waals surface area contributed by atoms with Crippen LogP contribution in [0.1, 0.15) is 11.6 Å². The van der Waals surface area contributed by atoms with Gasteiger partial charge in [0.2, 0.25) is 0 Å². The Labute approximate surface area is 95.7 Å². The first-order chi connectivity index (χ1) is 7.72. The van der Waals surface area contributed by atoms with E-state index in [9.17, 15) is 0 Å². The highest BCUT2D eigenvalue weighted by Gasteiger charge is 2.15. The molecule has 0 aliphatic rings. The fourth-order valence-corrected chi connectivity index (χ4v) is 1.50. The number of aliphatic hydroxyl groups excluding tert-OH is 1. The van der Waals surface area contributed by atoms with E-state index in [1.807, 2.05) is 36.2 Å². The average molecular weight is 220 g/mol. The molecule has 0 aromatic heterocycles. The number of nitrogens with zero attached hydrogens (tertiary/aromatic N) is 2. The Balaban J connectivity index is 2.83. The summed E-state index contributed by atoms with van der Waals surface area (Å²) in [4.78, 5) is 1.81. The Kier molecular flexibility index (Phi) is 4.77. The van der Waals surface area contributed by atoms with Gasteiger partial charge in [0.25, 0.3) is 0 Å². The highest BCUT2D eigenvalue weighted by atomic mass is 16.5. The van der Waals surface area contributed by atoms with E-state index in [2.05, 4.69) is 6.07 Å². The number of hydrogen-bond donors (Lipinski definition) is 1. The smallest absolute Gasteiger partial charge is 0.123 e. The topological polar surface area (TPSA) is 56.5 Å². The maximum atomic E-state index is 9.10. The summed E-state index contributed by atoms with van der Waals surface area (Å²) in [5.41, 5.74) is 0.902. The van der Waals surface area contributed by atoms with E-state index in [-0.39, 0.29) is 12.6 Å². The Morgan fingerprint density at radius 3 is 2.50 bits per heavy atom. The summed E-state index contributed by atoms with van der Waals surface area (Å²) in [6.07, 6.45) is 0. The maximum absolute atomic E-state index is 9.10. The molecule has 4 heteroatoms. The van der Waals surface area contributed by atoms with Crippen LogP contribution in [-0.4, -0.2) is 37.3 Å². The van der Waals surface area contributed by atoms with Crippen molar-refractivity contribution < 1.29 is 9.84 Å². The van der Waals surface area contributed by atoms with Gasteiger partial charge in [-0.1, -0.05) is 12.1 Å². The van der Waals surface area contributed by atoms with Crippen LogP contribution in [-0.2, 0) is 0 Å². The molecule has 1 unspecified atom stereocenters. The van der Waals surface area contributed by atoms with Gasteiger partial charge in [-0.05, 0) is 24.7 Å². The number of aliphatic hydroxyl groups is 1. The van der Waals surface area contributed by atoms with Crippen molar-refractivity contribution in [3.8, 4) is 11.8 Å². The first-order valence-corrected chi connectivity index (χ1v) is 5.07. The Bertz CT molecular complexity index is 356. The molecule has 0 heterocycles. The lowest BCUT2D eigenvalue weighted by Crippen LogP contribution is -2.26. The van der Waals surface area contributed by atoms with Crippen LogP contribution in [0.15, 0.2) is 24.3 Å². The molecule has 0 aliphatic carbocycles. The summed E-state index contributed by atoms with van der Waals surface area (Å²) < 4.78 is 5.05. The molecule has 1 N–H and O–H groups in total. The van der Waals surface area contributed by atoms with Crippen molar-refractivity contribution in [2.75, 3.05) is 27.3 Å². The first kappa shape index (κ1) is 12.5. The van der Waals surface area contributed by atoms with Crippen LogP contribution >= 0.6 is 0 Å². The average Bonchev–Trinajstić information content (AvgIpc) is 2.31. The van der Waals surface area contributed by atoms with Crippen molar-refractivity contribution >= 4 is 0 Å². The summed E-state index contributed by atoms with van der Waals surface area (Å²) >= 11 is 0. The zero-order valence-electron chi connectivity index (χ0n) is 9.55. The van der Waals surface area contributed by atoms with E-state index in [1.165, 1.54) is 0 Å². The van der Waals surface area contributed by atoms with Crippen LogP contribution in [0.3, 0.4) is 0 Å². The van der Waals surface area contributed by atoms with Gasteiger partial charge in [0, 0.05) is 6.54 Å². The molecule has 1 rings (SSSR count). The van der Waals surface area contributed by atoms with Crippen molar-refractivity contribution in [3.63, 3.8) is 0 Å². The molecule has 0 bridgehead atoms. The quantitative estimate of drug-likeness (QED) is 0.809. The number of ether oxygens (including phenoxy) is 1. The summed E-state index contributed by atoms with van der Waals surface area (Å²) in [6, 6.07) is 9.25. The lowest BCUT2D eigenvalue weighted by atomic mass is 10.1. The summed E-state index contributed by atoms with van der Waals surface area (Å²) in [5, 5.41) is 17.9. The van der Waals surface area contributed by atoms with Crippen LogP contribution in [0.4, 0.5) is 0 Å². The monoisotopic (exact) mass is 220 g/mol. The molecule has 4 nitrogen and oxygen atoms in total. The van der Waals surface area contributed by atoms with Crippen molar-refractivity contribution in [2.24, 2.45) is 0 Å². The Morgan fingerprint density at radius 2 is 2.06 bits per heavy atom. The summed E-state index contributed by atoms with van der Waals surface area (Å²) in [7, 11) is 3.42. The molecular weight excluding hydrogens is 204 g/mol. The van der Waals surface area contributed by atoms with Gasteiger partial charge in [-0.15, -0.1) is 0 Å². The number of rotatable bonds is 5. The maximum Gasteiger partial charge on any atom is 0.123 e. The third-order valence-electron chi connectivity index (χ3n) is 2.45.